The van der Waals surface area contributed by atoms with Gasteiger partial charge in [0.25, 0.3) is 5.56 Å². The van der Waals surface area contributed by atoms with Gasteiger partial charge in [0.2, 0.25) is 0 Å². The van der Waals surface area contributed by atoms with Gasteiger partial charge in [0.15, 0.2) is 0 Å². The van der Waals surface area contributed by atoms with Gasteiger partial charge in [-0.2, -0.15) is 0 Å². The molecular weight excluding hydrogens is 368 g/mol. The van der Waals surface area contributed by atoms with Gasteiger partial charge in [-0.3, -0.25) is 9.36 Å². The zero-order valence-corrected chi connectivity index (χ0v) is 16.0. The molecule has 1 aromatic heterocycles. The van der Waals surface area contributed by atoms with Crippen molar-refractivity contribution in [3.8, 4) is 0 Å². The van der Waals surface area contributed by atoms with E-state index in [1.807, 2.05) is 78.9 Å². The molecule has 0 atom stereocenters. The zero-order chi connectivity index (χ0) is 19.3. The molecule has 0 radical (unpaired) electrons. The number of hydrogen-bond acceptors (Lipinski definition) is 2. The van der Waals surface area contributed by atoms with Crippen molar-refractivity contribution in [1.82, 2.24) is 9.55 Å². The lowest BCUT2D eigenvalue weighted by molar-refractivity contribution is 0.655. The fraction of sp³-hybridized carbons (Fsp3) is 0.0833. The van der Waals surface area contributed by atoms with Gasteiger partial charge in [0, 0.05) is 11.6 Å². The van der Waals surface area contributed by atoms with Crippen molar-refractivity contribution in [3.05, 3.63) is 111 Å². The smallest absolute Gasteiger partial charge is 0.261 e. The van der Waals surface area contributed by atoms with E-state index < -0.39 is 0 Å². The van der Waals surface area contributed by atoms with Crippen molar-refractivity contribution in [2.24, 2.45) is 0 Å². The molecule has 4 rings (SSSR count). The summed E-state index contributed by atoms with van der Waals surface area (Å²) in [5, 5.41) is 1.29. The molecule has 0 bridgehead atoms. The predicted octanol–water partition coefficient (Wildman–Crippen LogP) is 5.46. The van der Waals surface area contributed by atoms with Crippen LogP contribution in [0.4, 0.5) is 0 Å². The second-order valence-electron chi connectivity index (χ2n) is 6.53. The van der Waals surface area contributed by atoms with Gasteiger partial charge >= 0.3 is 0 Å². The van der Waals surface area contributed by atoms with Crippen LogP contribution in [0.25, 0.3) is 23.1 Å². The maximum atomic E-state index is 13.1. The average molecular weight is 387 g/mol. The summed E-state index contributed by atoms with van der Waals surface area (Å²) in [5.74, 6) is 0.625. The largest absolute Gasteiger partial charge is 0.292 e. The molecule has 28 heavy (non-hydrogen) atoms. The molecule has 0 N–H and O–H groups in total. The molecule has 0 aliphatic carbocycles. The summed E-state index contributed by atoms with van der Waals surface area (Å²) in [4.78, 5) is 17.8. The molecule has 0 aliphatic heterocycles. The second kappa shape index (κ2) is 8.24. The number of halogens is 1. The predicted molar refractivity (Wildman–Crippen MR) is 117 cm³/mol. The number of hydrogen-bond donors (Lipinski definition) is 0. The third kappa shape index (κ3) is 3.90. The van der Waals surface area contributed by atoms with Crippen LogP contribution >= 0.6 is 11.6 Å². The molecule has 1 heterocycles. The summed E-state index contributed by atoms with van der Waals surface area (Å²) in [7, 11) is 0. The van der Waals surface area contributed by atoms with E-state index in [1.54, 1.807) is 4.57 Å². The molecule has 3 nitrogen and oxygen atoms in total. The van der Waals surface area contributed by atoms with Gasteiger partial charge in [0.05, 0.1) is 10.9 Å². The molecule has 0 spiro atoms. The first kappa shape index (κ1) is 18.2. The Kier molecular flexibility index (Phi) is 5.36. The Morgan fingerprint density at radius 2 is 1.57 bits per heavy atom. The summed E-state index contributed by atoms with van der Waals surface area (Å²) in [6, 6.07) is 25.2. The fourth-order valence-corrected chi connectivity index (χ4v) is 3.39. The molecule has 0 unspecified atom stereocenters. The average Bonchev–Trinajstić information content (AvgIpc) is 2.73. The van der Waals surface area contributed by atoms with Gasteiger partial charge in [-0.05, 0) is 47.9 Å². The first-order chi connectivity index (χ1) is 13.7. The number of aryl methyl sites for hydroxylation is 1. The summed E-state index contributed by atoms with van der Waals surface area (Å²) < 4.78 is 1.74. The van der Waals surface area contributed by atoms with Crippen molar-refractivity contribution in [3.63, 3.8) is 0 Å². The molecule has 4 heteroatoms. The lowest BCUT2D eigenvalue weighted by Crippen LogP contribution is -2.25. The molecular formula is C24H19ClN2O. The highest BCUT2D eigenvalue weighted by atomic mass is 35.5. The van der Waals surface area contributed by atoms with Crippen LogP contribution in [0.1, 0.15) is 17.0 Å². The van der Waals surface area contributed by atoms with E-state index in [0.717, 1.165) is 12.0 Å². The van der Waals surface area contributed by atoms with Gasteiger partial charge in [-0.25, -0.2) is 4.98 Å². The van der Waals surface area contributed by atoms with Crippen LogP contribution in [0.5, 0.6) is 0 Å². The Balaban J connectivity index is 1.77. The van der Waals surface area contributed by atoms with Crippen molar-refractivity contribution in [2.45, 2.75) is 13.0 Å². The molecule has 0 saturated carbocycles. The lowest BCUT2D eigenvalue weighted by atomic mass is 10.1. The van der Waals surface area contributed by atoms with E-state index >= 15 is 0 Å². The van der Waals surface area contributed by atoms with Gasteiger partial charge < -0.3 is 0 Å². The quantitative estimate of drug-likeness (QED) is 0.456. The maximum absolute atomic E-state index is 13.1. The number of rotatable bonds is 5. The summed E-state index contributed by atoms with van der Waals surface area (Å²) in [6.45, 7) is 0.558. The monoisotopic (exact) mass is 386 g/mol. The van der Waals surface area contributed by atoms with Crippen molar-refractivity contribution in [1.29, 1.82) is 0 Å². The Hall–Kier alpha value is -3.17. The summed E-state index contributed by atoms with van der Waals surface area (Å²) in [6.07, 6.45) is 4.52. The SMILES string of the molecule is O=c1c2ccccc2nc(C=Cc2ccccc2Cl)n1CCc1ccccc1. The Bertz CT molecular complexity index is 1200. The Morgan fingerprint density at radius 3 is 2.39 bits per heavy atom. The lowest BCUT2D eigenvalue weighted by Gasteiger charge is -2.11. The zero-order valence-electron chi connectivity index (χ0n) is 15.3. The van der Waals surface area contributed by atoms with E-state index in [9.17, 15) is 4.79 Å². The van der Waals surface area contributed by atoms with E-state index in [2.05, 4.69) is 12.1 Å². The van der Waals surface area contributed by atoms with Crippen LogP contribution in [0, 0.1) is 0 Å². The van der Waals surface area contributed by atoms with E-state index in [0.29, 0.717) is 28.3 Å². The summed E-state index contributed by atoms with van der Waals surface area (Å²) >= 11 is 6.26. The third-order valence-electron chi connectivity index (χ3n) is 4.68. The number of nitrogens with zero attached hydrogens (tertiary/aromatic N) is 2. The van der Waals surface area contributed by atoms with Crippen LogP contribution in [0.15, 0.2) is 83.7 Å². The first-order valence-corrected chi connectivity index (χ1v) is 9.56. The molecule has 3 aromatic carbocycles. The number of para-hydroxylation sites is 1. The number of fused-ring (bicyclic) bond motifs is 1. The normalized spacial score (nSPS) is 11.3. The van der Waals surface area contributed by atoms with Crippen molar-refractivity contribution < 1.29 is 0 Å². The van der Waals surface area contributed by atoms with Crippen LogP contribution in [-0.2, 0) is 13.0 Å². The van der Waals surface area contributed by atoms with Crippen molar-refractivity contribution >= 4 is 34.7 Å². The van der Waals surface area contributed by atoms with Gasteiger partial charge in [-0.15, -0.1) is 0 Å². The molecule has 0 amide bonds. The van der Waals surface area contributed by atoms with E-state index in [1.165, 1.54) is 5.56 Å². The summed E-state index contributed by atoms with van der Waals surface area (Å²) in [5.41, 5.74) is 2.74. The minimum absolute atomic E-state index is 0.0275. The minimum Gasteiger partial charge on any atom is -0.292 e. The third-order valence-corrected chi connectivity index (χ3v) is 5.02. The number of aromatic nitrogens is 2. The highest BCUT2D eigenvalue weighted by molar-refractivity contribution is 6.32. The van der Waals surface area contributed by atoms with Crippen LogP contribution in [0.2, 0.25) is 5.02 Å². The topological polar surface area (TPSA) is 34.9 Å². The van der Waals surface area contributed by atoms with Gasteiger partial charge in [-0.1, -0.05) is 72.3 Å². The molecule has 0 saturated heterocycles. The minimum atomic E-state index is -0.0275. The van der Waals surface area contributed by atoms with E-state index in [-0.39, 0.29) is 5.56 Å². The highest BCUT2D eigenvalue weighted by Crippen LogP contribution is 2.18. The molecule has 138 valence electrons. The molecule has 0 fully saturated rings. The second-order valence-corrected chi connectivity index (χ2v) is 6.94. The Morgan fingerprint density at radius 1 is 0.857 bits per heavy atom. The highest BCUT2D eigenvalue weighted by Gasteiger charge is 2.09. The first-order valence-electron chi connectivity index (χ1n) is 9.18. The Labute approximate surface area is 168 Å². The standard InChI is InChI=1S/C24H19ClN2O/c25-21-12-6-4-10-19(21)14-15-23-26-22-13-7-5-11-20(22)24(28)27(23)17-16-18-8-2-1-3-9-18/h1-15H,16-17H2. The van der Waals surface area contributed by atoms with Crippen LogP contribution in [0.3, 0.4) is 0 Å². The van der Waals surface area contributed by atoms with Crippen LogP contribution in [-0.4, -0.2) is 9.55 Å². The fourth-order valence-electron chi connectivity index (χ4n) is 3.19. The van der Waals surface area contributed by atoms with Gasteiger partial charge in [0.1, 0.15) is 5.82 Å². The van der Waals surface area contributed by atoms with Crippen molar-refractivity contribution in [2.75, 3.05) is 0 Å². The maximum Gasteiger partial charge on any atom is 0.261 e. The molecule has 0 aliphatic rings. The van der Waals surface area contributed by atoms with E-state index in [4.69, 9.17) is 16.6 Å². The van der Waals surface area contributed by atoms with Crippen LogP contribution < -0.4 is 5.56 Å². The molecule has 4 aromatic rings. The number of benzene rings is 3.